The summed E-state index contributed by atoms with van der Waals surface area (Å²) in [6.45, 7) is 6.89. The molecule has 2 atom stereocenters. The molecule has 6 heteroatoms. The minimum Gasteiger partial charge on any atom is -0.282 e. The van der Waals surface area contributed by atoms with Crippen LogP contribution in [0.1, 0.15) is 29.7 Å². The van der Waals surface area contributed by atoms with Gasteiger partial charge in [-0.25, -0.2) is 0 Å². The van der Waals surface area contributed by atoms with Crippen LogP contribution in [0.3, 0.4) is 0 Å². The Kier molecular flexibility index (Phi) is 23.1. The van der Waals surface area contributed by atoms with Gasteiger partial charge >= 0.3 is 0 Å². The Hall–Kier alpha value is 0.220. The Labute approximate surface area is 148 Å². The molecule has 2 nitrogen and oxygen atoms in total. The van der Waals surface area contributed by atoms with Crippen LogP contribution in [0, 0.1) is 0 Å². The molecule has 0 amide bonds. The number of thioether (sulfide) groups is 4. The molecule has 0 aromatic heterocycles. The SMILES string of the molecule is C.C.C.C.C=CC(=O)SCC1CSC(CSC(=O)C=C)S1. The Bertz CT molecular complexity index is 289. The predicted molar refractivity (Wildman–Crippen MR) is 110 cm³/mol. The Balaban J connectivity index is -0.000000361. The van der Waals surface area contributed by atoms with Crippen molar-refractivity contribution in [3.05, 3.63) is 25.3 Å². The number of carbonyl (C=O) groups excluding carboxylic acids is 2. The second kappa shape index (κ2) is 16.6. The van der Waals surface area contributed by atoms with Crippen LogP contribution in [0.2, 0.25) is 0 Å². The van der Waals surface area contributed by atoms with Gasteiger partial charge in [-0.15, -0.1) is 23.5 Å². The first-order valence-corrected chi connectivity index (χ1v) is 8.97. The largest absolute Gasteiger partial charge is 0.282 e. The summed E-state index contributed by atoms with van der Waals surface area (Å²) < 4.78 is 0.452. The van der Waals surface area contributed by atoms with Crippen molar-refractivity contribution in [2.45, 2.75) is 39.5 Å². The molecule has 0 bridgehead atoms. The third-order valence-electron chi connectivity index (χ3n) is 1.92. The second-order valence-electron chi connectivity index (χ2n) is 3.19. The van der Waals surface area contributed by atoms with E-state index in [2.05, 4.69) is 13.2 Å². The first-order chi connectivity index (χ1) is 8.15. The third kappa shape index (κ3) is 12.4. The van der Waals surface area contributed by atoms with Crippen molar-refractivity contribution in [2.75, 3.05) is 17.3 Å². The van der Waals surface area contributed by atoms with E-state index >= 15 is 0 Å². The molecule has 1 rings (SSSR count). The maximum atomic E-state index is 11.1. The van der Waals surface area contributed by atoms with Crippen LogP contribution in [0.15, 0.2) is 25.3 Å². The van der Waals surface area contributed by atoms with Gasteiger partial charge in [0.2, 0.25) is 10.2 Å². The van der Waals surface area contributed by atoms with Gasteiger partial charge in [-0.3, -0.25) is 9.59 Å². The summed E-state index contributed by atoms with van der Waals surface area (Å²) in [5, 5.41) is 0.569. The van der Waals surface area contributed by atoms with Gasteiger partial charge in [0, 0.05) is 22.5 Å². The summed E-state index contributed by atoms with van der Waals surface area (Å²) in [7, 11) is 0. The molecule has 1 aliphatic rings. The predicted octanol–water partition coefficient (Wildman–Crippen LogP) is 5.60. The van der Waals surface area contributed by atoms with Crippen LogP contribution in [-0.2, 0) is 9.59 Å². The zero-order valence-electron chi connectivity index (χ0n) is 9.29. The molecular formula is C15H30O2S4. The highest BCUT2D eigenvalue weighted by molar-refractivity contribution is 8.23. The fourth-order valence-electron chi connectivity index (χ4n) is 1.13. The summed E-state index contributed by atoms with van der Waals surface area (Å²) in [5.74, 6) is 2.70. The van der Waals surface area contributed by atoms with Crippen molar-refractivity contribution in [1.82, 2.24) is 0 Å². The van der Waals surface area contributed by atoms with E-state index < -0.39 is 0 Å². The summed E-state index contributed by atoms with van der Waals surface area (Å²) in [5.41, 5.74) is 0. The molecule has 0 saturated carbocycles. The lowest BCUT2D eigenvalue weighted by Crippen LogP contribution is -2.07. The quantitative estimate of drug-likeness (QED) is 0.566. The lowest BCUT2D eigenvalue weighted by atomic mass is 10.5. The average Bonchev–Trinajstić information content (AvgIpc) is 2.80. The lowest BCUT2D eigenvalue weighted by Gasteiger charge is -2.08. The molecule has 0 radical (unpaired) electrons. The first-order valence-electron chi connectivity index (χ1n) is 5.01. The maximum Gasteiger partial charge on any atom is 0.211 e. The summed E-state index contributed by atoms with van der Waals surface area (Å²) in [6, 6.07) is 0. The zero-order chi connectivity index (χ0) is 12.7. The topological polar surface area (TPSA) is 34.1 Å². The smallest absolute Gasteiger partial charge is 0.211 e. The molecule has 0 aromatic rings. The fraction of sp³-hybridized carbons (Fsp3) is 0.600. The molecule has 126 valence electrons. The van der Waals surface area contributed by atoms with E-state index in [9.17, 15) is 9.59 Å². The number of carbonyl (C=O) groups is 2. The Morgan fingerprint density at radius 2 is 1.48 bits per heavy atom. The van der Waals surface area contributed by atoms with Crippen molar-refractivity contribution >= 4 is 57.3 Å². The average molecular weight is 371 g/mol. The summed E-state index contributed by atoms with van der Waals surface area (Å²) in [4.78, 5) is 22.1. The van der Waals surface area contributed by atoms with Crippen LogP contribution in [0.5, 0.6) is 0 Å². The third-order valence-corrected chi connectivity index (χ3v) is 7.80. The Morgan fingerprint density at radius 1 is 1.00 bits per heavy atom. The van der Waals surface area contributed by atoms with Crippen molar-refractivity contribution in [2.24, 2.45) is 0 Å². The standard InChI is InChI=1S/C11H14O2S4.4CH4/c1-3-9(12)14-5-8-6-16-11(17-8)7-15-10(13)4-2;;;;/h3-4,8,11H,1-2,5-7H2;4*1H4. The minimum atomic E-state index is 0. The van der Waals surface area contributed by atoms with Gasteiger partial charge in [0.25, 0.3) is 0 Å². The molecular weight excluding hydrogens is 340 g/mol. The lowest BCUT2D eigenvalue weighted by molar-refractivity contribution is -0.107. The zero-order valence-corrected chi connectivity index (χ0v) is 12.6. The van der Waals surface area contributed by atoms with Gasteiger partial charge in [-0.1, -0.05) is 66.4 Å². The van der Waals surface area contributed by atoms with Gasteiger partial charge in [-0.2, -0.15) is 0 Å². The van der Waals surface area contributed by atoms with Gasteiger partial charge in [-0.05, 0) is 12.2 Å². The summed E-state index contributed by atoms with van der Waals surface area (Å²) >= 11 is 6.37. The van der Waals surface area contributed by atoms with E-state index in [1.807, 2.05) is 23.5 Å². The van der Waals surface area contributed by atoms with E-state index in [4.69, 9.17) is 0 Å². The van der Waals surface area contributed by atoms with Gasteiger partial charge in [0.1, 0.15) is 0 Å². The van der Waals surface area contributed by atoms with E-state index in [0.717, 1.165) is 17.3 Å². The number of hydrogen-bond donors (Lipinski definition) is 0. The number of rotatable bonds is 6. The minimum absolute atomic E-state index is 0. The highest BCUT2D eigenvalue weighted by atomic mass is 32.2. The van der Waals surface area contributed by atoms with Crippen molar-refractivity contribution in [3.8, 4) is 0 Å². The van der Waals surface area contributed by atoms with Crippen LogP contribution in [-0.4, -0.2) is 37.3 Å². The normalized spacial score (nSPS) is 18.9. The van der Waals surface area contributed by atoms with Crippen molar-refractivity contribution < 1.29 is 9.59 Å². The maximum absolute atomic E-state index is 11.1. The molecule has 21 heavy (non-hydrogen) atoms. The van der Waals surface area contributed by atoms with E-state index in [1.165, 1.54) is 35.7 Å². The molecule has 1 aliphatic heterocycles. The van der Waals surface area contributed by atoms with E-state index in [1.54, 1.807) is 0 Å². The number of hydrogen-bond acceptors (Lipinski definition) is 6. The molecule has 0 spiro atoms. The second-order valence-corrected chi connectivity index (χ2v) is 8.28. The molecule has 0 aromatic carbocycles. The molecule has 0 N–H and O–H groups in total. The molecule has 1 fully saturated rings. The first kappa shape index (κ1) is 29.3. The fourth-order valence-corrected chi connectivity index (χ4v) is 6.45. The molecule has 1 heterocycles. The van der Waals surface area contributed by atoms with E-state index in [0.29, 0.717) is 9.83 Å². The van der Waals surface area contributed by atoms with Crippen LogP contribution in [0.25, 0.3) is 0 Å². The molecule has 0 aliphatic carbocycles. The van der Waals surface area contributed by atoms with E-state index in [-0.39, 0.29) is 39.9 Å². The van der Waals surface area contributed by atoms with Crippen LogP contribution < -0.4 is 0 Å². The van der Waals surface area contributed by atoms with Crippen molar-refractivity contribution in [1.29, 1.82) is 0 Å². The summed E-state index contributed by atoms with van der Waals surface area (Å²) in [6.07, 6.45) is 2.71. The van der Waals surface area contributed by atoms with Crippen molar-refractivity contribution in [3.63, 3.8) is 0 Å². The highest BCUT2D eigenvalue weighted by Gasteiger charge is 2.26. The van der Waals surface area contributed by atoms with Gasteiger partial charge < -0.3 is 0 Å². The van der Waals surface area contributed by atoms with Crippen LogP contribution in [0.4, 0.5) is 0 Å². The van der Waals surface area contributed by atoms with Gasteiger partial charge in [0.05, 0.1) is 4.58 Å². The molecule has 2 unspecified atom stereocenters. The Morgan fingerprint density at radius 3 is 1.95 bits per heavy atom. The van der Waals surface area contributed by atoms with Gasteiger partial charge in [0.15, 0.2) is 0 Å². The molecule has 1 saturated heterocycles. The highest BCUT2D eigenvalue weighted by Crippen LogP contribution is 2.40. The van der Waals surface area contributed by atoms with Crippen LogP contribution >= 0.6 is 47.0 Å². The monoisotopic (exact) mass is 370 g/mol.